The predicted molar refractivity (Wildman–Crippen MR) is 58.2 cm³/mol. The van der Waals surface area contributed by atoms with Crippen LogP contribution in [0.2, 0.25) is 0 Å². The summed E-state index contributed by atoms with van der Waals surface area (Å²) in [6.07, 6.45) is 0.876. The van der Waals surface area contributed by atoms with Crippen molar-refractivity contribution in [3.63, 3.8) is 0 Å². The highest BCUT2D eigenvalue weighted by molar-refractivity contribution is 6.52. The van der Waals surface area contributed by atoms with Gasteiger partial charge in [0, 0.05) is 6.54 Å². The fourth-order valence-electron chi connectivity index (χ4n) is 1.88. The number of fused-ring (bicyclic) bond motifs is 1. The van der Waals surface area contributed by atoms with Crippen molar-refractivity contribution in [3.8, 4) is 0 Å². The Kier molecular flexibility index (Phi) is 2.31. The lowest BCUT2D eigenvalue weighted by Crippen LogP contribution is -2.29. The Labute approximate surface area is 88.7 Å². The standard InChI is InChI=1S/C12H13NO2/c1-3-8-5-6-10-9(7-8)11(14)12(15)13(10)4-2/h5-7H,3-4H2,1-2H3. The van der Waals surface area contributed by atoms with Crippen molar-refractivity contribution < 1.29 is 9.59 Å². The Hall–Kier alpha value is -1.64. The molecule has 2 rings (SSSR count). The molecule has 1 aromatic rings. The van der Waals surface area contributed by atoms with E-state index in [9.17, 15) is 9.59 Å². The molecule has 0 radical (unpaired) electrons. The van der Waals surface area contributed by atoms with Gasteiger partial charge in [0.05, 0.1) is 11.3 Å². The third-order valence-corrected chi connectivity index (χ3v) is 2.76. The Balaban J connectivity index is 2.55. The van der Waals surface area contributed by atoms with E-state index in [0.717, 1.165) is 17.7 Å². The van der Waals surface area contributed by atoms with E-state index in [0.29, 0.717) is 12.1 Å². The molecule has 3 heteroatoms. The van der Waals surface area contributed by atoms with E-state index in [-0.39, 0.29) is 5.78 Å². The molecule has 0 fully saturated rings. The molecule has 1 heterocycles. The Morgan fingerprint density at radius 1 is 1.20 bits per heavy atom. The number of hydrogen-bond acceptors (Lipinski definition) is 2. The van der Waals surface area contributed by atoms with E-state index in [1.807, 2.05) is 32.0 Å². The summed E-state index contributed by atoms with van der Waals surface area (Å²) in [5.41, 5.74) is 2.40. The largest absolute Gasteiger partial charge is 0.305 e. The van der Waals surface area contributed by atoms with Crippen LogP contribution in [-0.4, -0.2) is 18.2 Å². The number of carbonyl (C=O) groups excluding carboxylic acids is 2. The van der Waals surface area contributed by atoms with Gasteiger partial charge < -0.3 is 4.90 Å². The van der Waals surface area contributed by atoms with E-state index in [2.05, 4.69) is 0 Å². The van der Waals surface area contributed by atoms with Crippen LogP contribution in [0.3, 0.4) is 0 Å². The first kappa shape index (κ1) is 9.90. The number of rotatable bonds is 2. The summed E-state index contributed by atoms with van der Waals surface area (Å²) in [6.45, 7) is 4.44. The van der Waals surface area contributed by atoms with E-state index < -0.39 is 5.91 Å². The first-order valence-electron chi connectivity index (χ1n) is 5.18. The minimum atomic E-state index is -0.402. The van der Waals surface area contributed by atoms with Gasteiger partial charge in [-0.2, -0.15) is 0 Å². The number of benzene rings is 1. The van der Waals surface area contributed by atoms with Crippen molar-refractivity contribution in [2.24, 2.45) is 0 Å². The number of carbonyl (C=O) groups is 2. The van der Waals surface area contributed by atoms with Gasteiger partial charge in [-0.25, -0.2) is 0 Å². The van der Waals surface area contributed by atoms with Crippen LogP contribution in [0.1, 0.15) is 29.8 Å². The minimum absolute atomic E-state index is 0.373. The average molecular weight is 203 g/mol. The van der Waals surface area contributed by atoms with E-state index in [4.69, 9.17) is 0 Å². The first-order valence-corrected chi connectivity index (χ1v) is 5.18. The second kappa shape index (κ2) is 3.50. The van der Waals surface area contributed by atoms with Gasteiger partial charge in [0.15, 0.2) is 0 Å². The molecule has 3 nitrogen and oxygen atoms in total. The second-order valence-corrected chi connectivity index (χ2v) is 3.58. The van der Waals surface area contributed by atoms with Gasteiger partial charge in [0.25, 0.3) is 11.7 Å². The number of aryl methyl sites for hydroxylation is 1. The van der Waals surface area contributed by atoms with Gasteiger partial charge in [-0.3, -0.25) is 9.59 Å². The number of likely N-dealkylation sites (N-methyl/N-ethyl adjacent to an activating group) is 1. The quantitative estimate of drug-likeness (QED) is 0.687. The van der Waals surface area contributed by atoms with E-state index in [1.54, 1.807) is 0 Å². The molecule has 1 aliphatic heterocycles. The molecular formula is C12H13NO2. The molecule has 1 amide bonds. The highest BCUT2D eigenvalue weighted by atomic mass is 16.2. The lowest BCUT2D eigenvalue weighted by molar-refractivity contribution is -0.114. The summed E-state index contributed by atoms with van der Waals surface area (Å²) in [5, 5.41) is 0. The fraction of sp³-hybridized carbons (Fsp3) is 0.333. The van der Waals surface area contributed by atoms with Crippen LogP contribution in [-0.2, 0) is 11.2 Å². The third kappa shape index (κ3) is 1.35. The highest BCUT2D eigenvalue weighted by Gasteiger charge is 2.34. The monoisotopic (exact) mass is 203 g/mol. The molecule has 1 aromatic carbocycles. The summed E-state index contributed by atoms with van der Waals surface area (Å²) >= 11 is 0. The molecule has 0 N–H and O–H groups in total. The van der Waals surface area contributed by atoms with Crippen molar-refractivity contribution >= 4 is 17.4 Å². The normalized spacial score (nSPS) is 14.7. The Bertz CT molecular complexity index is 437. The Morgan fingerprint density at radius 3 is 2.53 bits per heavy atom. The van der Waals surface area contributed by atoms with Crippen LogP contribution in [0.4, 0.5) is 5.69 Å². The maximum absolute atomic E-state index is 11.6. The van der Waals surface area contributed by atoms with E-state index in [1.165, 1.54) is 4.90 Å². The summed E-state index contributed by atoms with van der Waals surface area (Å²) in [7, 11) is 0. The van der Waals surface area contributed by atoms with Crippen LogP contribution < -0.4 is 4.90 Å². The number of amides is 1. The lowest BCUT2D eigenvalue weighted by atomic mass is 10.1. The molecule has 0 spiro atoms. The molecule has 0 unspecified atom stereocenters. The molecule has 0 aliphatic carbocycles. The predicted octanol–water partition coefficient (Wildman–Crippen LogP) is 1.80. The lowest BCUT2D eigenvalue weighted by Gasteiger charge is -2.13. The summed E-state index contributed by atoms with van der Waals surface area (Å²) in [6, 6.07) is 5.65. The molecule has 1 aliphatic rings. The smallest absolute Gasteiger partial charge is 0.299 e. The molecule has 0 bridgehead atoms. The molecule has 15 heavy (non-hydrogen) atoms. The van der Waals surface area contributed by atoms with Gasteiger partial charge >= 0.3 is 0 Å². The molecule has 0 saturated heterocycles. The second-order valence-electron chi connectivity index (χ2n) is 3.58. The van der Waals surface area contributed by atoms with Crippen molar-refractivity contribution in [1.82, 2.24) is 0 Å². The molecular weight excluding hydrogens is 190 g/mol. The number of anilines is 1. The van der Waals surface area contributed by atoms with Gasteiger partial charge in [-0.05, 0) is 31.0 Å². The van der Waals surface area contributed by atoms with Crippen molar-refractivity contribution in [2.75, 3.05) is 11.4 Å². The van der Waals surface area contributed by atoms with Crippen molar-refractivity contribution in [3.05, 3.63) is 29.3 Å². The van der Waals surface area contributed by atoms with Gasteiger partial charge in [0.1, 0.15) is 0 Å². The maximum Gasteiger partial charge on any atom is 0.299 e. The van der Waals surface area contributed by atoms with Crippen LogP contribution in [0.25, 0.3) is 0 Å². The molecule has 0 atom stereocenters. The summed E-state index contributed by atoms with van der Waals surface area (Å²) in [4.78, 5) is 24.7. The molecule has 0 aromatic heterocycles. The van der Waals surface area contributed by atoms with Crippen LogP contribution >= 0.6 is 0 Å². The average Bonchev–Trinajstić information content (AvgIpc) is 2.51. The highest BCUT2D eigenvalue weighted by Crippen LogP contribution is 2.29. The number of nitrogens with zero attached hydrogens (tertiary/aromatic N) is 1. The van der Waals surface area contributed by atoms with Crippen molar-refractivity contribution in [2.45, 2.75) is 20.3 Å². The fourth-order valence-corrected chi connectivity index (χ4v) is 1.88. The number of Topliss-reactive ketones (excluding diaryl/α,β-unsaturated/α-hetero) is 1. The first-order chi connectivity index (χ1) is 7.19. The SMILES string of the molecule is CCc1ccc2c(c1)C(=O)C(=O)N2CC. The van der Waals surface area contributed by atoms with Crippen LogP contribution in [0.5, 0.6) is 0 Å². The summed E-state index contributed by atoms with van der Waals surface area (Å²) < 4.78 is 0. The zero-order valence-electron chi connectivity index (χ0n) is 8.91. The zero-order chi connectivity index (χ0) is 11.0. The topological polar surface area (TPSA) is 37.4 Å². The Morgan fingerprint density at radius 2 is 1.93 bits per heavy atom. The maximum atomic E-state index is 11.6. The van der Waals surface area contributed by atoms with Crippen molar-refractivity contribution in [1.29, 1.82) is 0 Å². The van der Waals surface area contributed by atoms with Crippen LogP contribution in [0, 0.1) is 0 Å². The van der Waals surface area contributed by atoms with Crippen LogP contribution in [0.15, 0.2) is 18.2 Å². The summed E-state index contributed by atoms with van der Waals surface area (Å²) in [5.74, 6) is -0.775. The minimum Gasteiger partial charge on any atom is -0.305 e. The van der Waals surface area contributed by atoms with Gasteiger partial charge in [-0.1, -0.05) is 13.0 Å². The molecule has 0 saturated carbocycles. The van der Waals surface area contributed by atoms with Gasteiger partial charge in [-0.15, -0.1) is 0 Å². The molecule has 78 valence electrons. The zero-order valence-corrected chi connectivity index (χ0v) is 8.91. The number of hydrogen-bond donors (Lipinski definition) is 0. The van der Waals surface area contributed by atoms with E-state index >= 15 is 0 Å². The number of ketones is 1. The van der Waals surface area contributed by atoms with Gasteiger partial charge in [0.2, 0.25) is 0 Å². The third-order valence-electron chi connectivity index (χ3n) is 2.76.